The minimum atomic E-state index is 0.739. The molecular formula is C11H11BrN2OS. The molecule has 84 valence electrons. The summed E-state index contributed by atoms with van der Waals surface area (Å²) >= 11 is 4.97. The molecule has 1 aliphatic carbocycles. The number of nitrogens with one attached hydrogen (secondary N) is 1. The molecule has 16 heavy (non-hydrogen) atoms. The standard InChI is InChI=1S/C11H11BrN2OS/c12-10-4-3-9(15-10)11-14-6-8(16-11)5-13-7-1-2-7/h3-4,6-7,13H,1-2,5H2. The normalized spacial score (nSPS) is 15.6. The van der Waals surface area contributed by atoms with Crippen molar-refractivity contribution < 1.29 is 4.42 Å². The van der Waals surface area contributed by atoms with E-state index in [1.54, 1.807) is 11.3 Å². The van der Waals surface area contributed by atoms with Gasteiger partial charge in [0.15, 0.2) is 15.4 Å². The molecule has 0 aliphatic heterocycles. The number of rotatable bonds is 4. The molecular weight excluding hydrogens is 288 g/mol. The molecule has 2 aromatic heterocycles. The van der Waals surface area contributed by atoms with Crippen molar-refractivity contribution in [2.75, 3.05) is 0 Å². The number of thiazole rings is 1. The Balaban J connectivity index is 1.71. The molecule has 0 atom stereocenters. The maximum atomic E-state index is 5.46. The maximum absolute atomic E-state index is 5.46. The highest BCUT2D eigenvalue weighted by molar-refractivity contribution is 9.10. The SMILES string of the molecule is Brc1ccc(-c2ncc(CNC3CC3)s2)o1. The van der Waals surface area contributed by atoms with E-state index in [0.717, 1.165) is 28.0 Å². The van der Waals surface area contributed by atoms with E-state index in [9.17, 15) is 0 Å². The van der Waals surface area contributed by atoms with Crippen LogP contribution in [0.15, 0.2) is 27.4 Å². The Bertz CT molecular complexity index is 490. The van der Waals surface area contributed by atoms with E-state index in [1.165, 1.54) is 17.7 Å². The zero-order valence-electron chi connectivity index (χ0n) is 8.57. The van der Waals surface area contributed by atoms with Crippen molar-refractivity contribution in [2.45, 2.75) is 25.4 Å². The fourth-order valence-electron chi connectivity index (χ4n) is 1.46. The zero-order chi connectivity index (χ0) is 11.0. The molecule has 1 aliphatic rings. The molecule has 1 saturated carbocycles. The van der Waals surface area contributed by atoms with Crippen molar-refractivity contribution in [2.24, 2.45) is 0 Å². The molecule has 0 bridgehead atoms. The minimum Gasteiger partial charge on any atom is -0.447 e. The van der Waals surface area contributed by atoms with Gasteiger partial charge >= 0.3 is 0 Å². The molecule has 2 heterocycles. The van der Waals surface area contributed by atoms with Crippen molar-refractivity contribution >= 4 is 27.3 Å². The average Bonchev–Trinajstić information content (AvgIpc) is 2.81. The van der Waals surface area contributed by atoms with Crippen LogP contribution in [0.2, 0.25) is 0 Å². The summed E-state index contributed by atoms with van der Waals surface area (Å²) in [5.74, 6) is 0.828. The summed E-state index contributed by atoms with van der Waals surface area (Å²) in [5, 5.41) is 4.42. The highest BCUT2D eigenvalue weighted by Gasteiger charge is 2.20. The lowest BCUT2D eigenvalue weighted by molar-refractivity contribution is 0.555. The Hall–Kier alpha value is -0.650. The van der Waals surface area contributed by atoms with E-state index < -0.39 is 0 Å². The largest absolute Gasteiger partial charge is 0.447 e. The van der Waals surface area contributed by atoms with E-state index in [0.29, 0.717) is 0 Å². The first-order chi connectivity index (χ1) is 7.81. The predicted molar refractivity (Wildman–Crippen MR) is 67.4 cm³/mol. The zero-order valence-corrected chi connectivity index (χ0v) is 11.0. The van der Waals surface area contributed by atoms with Crippen LogP contribution in [-0.4, -0.2) is 11.0 Å². The lowest BCUT2D eigenvalue weighted by Gasteiger charge is -1.96. The van der Waals surface area contributed by atoms with Gasteiger partial charge in [0.05, 0.1) is 0 Å². The minimum absolute atomic E-state index is 0.739. The van der Waals surface area contributed by atoms with Crippen molar-refractivity contribution in [3.8, 4) is 10.8 Å². The van der Waals surface area contributed by atoms with Gasteiger partial charge in [0.2, 0.25) is 0 Å². The average molecular weight is 299 g/mol. The molecule has 0 amide bonds. The summed E-state index contributed by atoms with van der Waals surface area (Å²) in [5.41, 5.74) is 0. The first-order valence-electron chi connectivity index (χ1n) is 5.25. The van der Waals surface area contributed by atoms with Crippen LogP contribution >= 0.6 is 27.3 Å². The first kappa shape index (κ1) is 10.5. The van der Waals surface area contributed by atoms with Crippen LogP contribution in [0.25, 0.3) is 10.8 Å². The highest BCUT2D eigenvalue weighted by atomic mass is 79.9. The van der Waals surface area contributed by atoms with Crippen LogP contribution < -0.4 is 5.32 Å². The highest BCUT2D eigenvalue weighted by Crippen LogP contribution is 2.29. The first-order valence-corrected chi connectivity index (χ1v) is 6.86. The van der Waals surface area contributed by atoms with Gasteiger partial charge in [0.1, 0.15) is 0 Å². The second-order valence-corrected chi connectivity index (χ2v) is 5.79. The number of halogens is 1. The Morgan fingerprint density at radius 1 is 1.50 bits per heavy atom. The van der Waals surface area contributed by atoms with E-state index in [4.69, 9.17) is 4.42 Å². The van der Waals surface area contributed by atoms with Crippen LogP contribution in [0, 0.1) is 0 Å². The molecule has 0 aromatic carbocycles. The molecule has 5 heteroatoms. The fourth-order valence-corrected chi connectivity index (χ4v) is 2.60. The second kappa shape index (κ2) is 4.31. The third-order valence-electron chi connectivity index (χ3n) is 2.48. The number of hydrogen-bond donors (Lipinski definition) is 1. The molecule has 0 saturated heterocycles. The molecule has 0 radical (unpaired) electrons. The summed E-state index contributed by atoms with van der Waals surface area (Å²) in [6.07, 6.45) is 4.55. The van der Waals surface area contributed by atoms with Gasteiger partial charge in [-0.3, -0.25) is 0 Å². The van der Waals surface area contributed by atoms with Gasteiger partial charge in [-0.2, -0.15) is 0 Å². The molecule has 0 spiro atoms. The quantitative estimate of drug-likeness (QED) is 0.940. The van der Waals surface area contributed by atoms with Crippen LogP contribution in [0.1, 0.15) is 17.7 Å². The molecule has 0 unspecified atom stereocenters. The fraction of sp³-hybridized carbons (Fsp3) is 0.364. The summed E-state index contributed by atoms with van der Waals surface area (Å²) in [7, 11) is 0. The molecule has 2 aromatic rings. The number of aromatic nitrogens is 1. The summed E-state index contributed by atoms with van der Waals surface area (Å²) in [4.78, 5) is 5.62. The Morgan fingerprint density at radius 2 is 2.38 bits per heavy atom. The molecule has 3 rings (SSSR count). The summed E-state index contributed by atoms with van der Waals surface area (Å²) in [6, 6.07) is 4.56. The maximum Gasteiger partial charge on any atom is 0.170 e. The van der Waals surface area contributed by atoms with Crippen molar-refractivity contribution in [1.82, 2.24) is 10.3 Å². The van der Waals surface area contributed by atoms with Gasteiger partial charge < -0.3 is 9.73 Å². The monoisotopic (exact) mass is 298 g/mol. The number of hydrogen-bond acceptors (Lipinski definition) is 4. The summed E-state index contributed by atoms with van der Waals surface area (Å²) in [6.45, 7) is 0.921. The third kappa shape index (κ3) is 2.36. The van der Waals surface area contributed by atoms with Gasteiger partial charge in [0, 0.05) is 23.7 Å². The van der Waals surface area contributed by atoms with E-state index >= 15 is 0 Å². The van der Waals surface area contributed by atoms with Crippen LogP contribution in [0.3, 0.4) is 0 Å². The third-order valence-corrected chi connectivity index (χ3v) is 3.92. The topological polar surface area (TPSA) is 38.1 Å². The van der Waals surface area contributed by atoms with E-state index in [2.05, 4.69) is 26.2 Å². The van der Waals surface area contributed by atoms with E-state index in [1.807, 2.05) is 18.3 Å². The van der Waals surface area contributed by atoms with Crippen LogP contribution in [0.4, 0.5) is 0 Å². The van der Waals surface area contributed by atoms with Crippen molar-refractivity contribution in [3.63, 3.8) is 0 Å². The molecule has 1 fully saturated rings. The Labute approximate surface area is 106 Å². The molecule has 3 nitrogen and oxygen atoms in total. The van der Waals surface area contributed by atoms with Gasteiger partial charge in [-0.05, 0) is 40.9 Å². The Kier molecular flexibility index (Phi) is 2.83. The van der Waals surface area contributed by atoms with Gasteiger partial charge in [-0.1, -0.05) is 0 Å². The van der Waals surface area contributed by atoms with Gasteiger partial charge in [0.25, 0.3) is 0 Å². The smallest absolute Gasteiger partial charge is 0.170 e. The lowest BCUT2D eigenvalue weighted by Crippen LogP contribution is -2.14. The predicted octanol–water partition coefficient (Wildman–Crippen LogP) is 3.42. The van der Waals surface area contributed by atoms with E-state index in [-0.39, 0.29) is 0 Å². The van der Waals surface area contributed by atoms with Crippen LogP contribution in [-0.2, 0) is 6.54 Å². The Morgan fingerprint density at radius 3 is 3.06 bits per heavy atom. The second-order valence-electron chi connectivity index (χ2n) is 3.89. The summed E-state index contributed by atoms with van der Waals surface area (Å²) < 4.78 is 6.21. The van der Waals surface area contributed by atoms with Crippen molar-refractivity contribution in [1.29, 1.82) is 0 Å². The van der Waals surface area contributed by atoms with Crippen molar-refractivity contribution in [3.05, 3.63) is 27.9 Å². The number of nitrogens with zero attached hydrogens (tertiary/aromatic N) is 1. The van der Waals surface area contributed by atoms with Crippen LogP contribution in [0.5, 0.6) is 0 Å². The lowest BCUT2D eigenvalue weighted by atomic mass is 10.5. The molecule has 1 N–H and O–H groups in total. The number of furan rings is 1. The van der Waals surface area contributed by atoms with Gasteiger partial charge in [-0.15, -0.1) is 11.3 Å². The van der Waals surface area contributed by atoms with Gasteiger partial charge in [-0.25, -0.2) is 4.98 Å².